The van der Waals surface area contributed by atoms with Crippen LogP contribution in [0, 0.1) is 13.8 Å². The number of hydrogen-bond donors (Lipinski definition) is 1. The fourth-order valence-corrected chi connectivity index (χ4v) is 3.57. The average Bonchev–Trinajstić information content (AvgIpc) is 3.22. The number of carbonyl (C=O) groups is 1. The van der Waals surface area contributed by atoms with Gasteiger partial charge in [0.15, 0.2) is 12.4 Å². The van der Waals surface area contributed by atoms with Crippen molar-refractivity contribution in [3.8, 4) is 5.75 Å². The van der Waals surface area contributed by atoms with Crippen LogP contribution in [0.3, 0.4) is 0 Å². The smallest absolute Gasteiger partial charge is 0.258 e. The Morgan fingerprint density at radius 3 is 2.65 bits per heavy atom. The predicted molar refractivity (Wildman–Crippen MR) is 98.1 cm³/mol. The molecule has 0 spiro atoms. The van der Waals surface area contributed by atoms with Gasteiger partial charge in [-0.25, -0.2) is 0 Å². The summed E-state index contributed by atoms with van der Waals surface area (Å²) in [6.07, 6.45) is 3.70. The van der Waals surface area contributed by atoms with E-state index < -0.39 is 5.54 Å². The van der Waals surface area contributed by atoms with Crippen LogP contribution in [0.4, 0.5) is 0 Å². The molecule has 1 heterocycles. The lowest BCUT2D eigenvalue weighted by Crippen LogP contribution is -2.46. The number of amides is 1. The van der Waals surface area contributed by atoms with Gasteiger partial charge in [-0.05, 0) is 42.9 Å². The van der Waals surface area contributed by atoms with Gasteiger partial charge in [0.05, 0.1) is 0 Å². The van der Waals surface area contributed by atoms with E-state index in [4.69, 9.17) is 9.26 Å². The van der Waals surface area contributed by atoms with Crippen molar-refractivity contribution in [2.24, 2.45) is 0 Å². The maximum atomic E-state index is 12.6. The Balaban J connectivity index is 1.70. The average molecular weight is 357 g/mol. The minimum Gasteiger partial charge on any atom is -0.483 e. The largest absolute Gasteiger partial charge is 0.483 e. The van der Waals surface area contributed by atoms with Gasteiger partial charge in [0.2, 0.25) is 5.89 Å². The van der Waals surface area contributed by atoms with Crippen LogP contribution >= 0.6 is 0 Å². The number of aromatic nitrogens is 2. The van der Waals surface area contributed by atoms with Crippen molar-refractivity contribution in [1.82, 2.24) is 15.5 Å². The molecule has 26 heavy (non-hydrogen) atoms. The molecule has 0 atom stereocenters. The van der Waals surface area contributed by atoms with Gasteiger partial charge in [-0.2, -0.15) is 4.98 Å². The predicted octanol–water partition coefficient (Wildman–Crippen LogP) is 3.77. The molecule has 0 radical (unpaired) electrons. The number of benzene rings is 1. The van der Waals surface area contributed by atoms with Crippen molar-refractivity contribution >= 4 is 5.91 Å². The van der Waals surface area contributed by atoms with Crippen LogP contribution in [-0.2, 0) is 10.3 Å². The number of hydrogen-bond acceptors (Lipinski definition) is 5. The molecule has 1 aliphatic rings. The van der Waals surface area contributed by atoms with Crippen molar-refractivity contribution in [3.05, 3.63) is 41.0 Å². The first-order valence-corrected chi connectivity index (χ1v) is 9.25. The van der Waals surface area contributed by atoms with Gasteiger partial charge in [0, 0.05) is 6.92 Å². The van der Waals surface area contributed by atoms with Gasteiger partial charge in [-0.3, -0.25) is 4.79 Å². The molecule has 6 heteroatoms. The molecule has 1 fully saturated rings. The lowest BCUT2D eigenvalue weighted by Gasteiger charge is -2.27. The third-order valence-electron chi connectivity index (χ3n) is 4.94. The topological polar surface area (TPSA) is 77.2 Å². The molecule has 1 N–H and O–H groups in total. The van der Waals surface area contributed by atoms with E-state index in [0.29, 0.717) is 17.6 Å². The van der Waals surface area contributed by atoms with E-state index in [1.807, 2.05) is 13.0 Å². The summed E-state index contributed by atoms with van der Waals surface area (Å²) in [5.41, 5.74) is 1.68. The zero-order chi connectivity index (χ0) is 18.7. The first-order valence-electron chi connectivity index (χ1n) is 9.25. The Morgan fingerprint density at radius 2 is 2.04 bits per heavy atom. The Labute approximate surface area is 154 Å². The number of nitrogens with one attached hydrogen (secondary N) is 1. The molecule has 1 aliphatic carbocycles. The highest BCUT2D eigenvalue weighted by Crippen LogP contribution is 2.37. The first-order chi connectivity index (χ1) is 12.4. The Kier molecular flexibility index (Phi) is 5.30. The van der Waals surface area contributed by atoms with E-state index >= 15 is 0 Å². The third kappa shape index (κ3) is 3.89. The summed E-state index contributed by atoms with van der Waals surface area (Å²) in [4.78, 5) is 17.0. The van der Waals surface area contributed by atoms with E-state index in [2.05, 4.69) is 41.4 Å². The molecule has 1 aromatic heterocycles. The second-order valence-electron chi connectivity index (χ2n) is 7.46. The lowest BCUT2D eigenvalue weighted by atomic mass is 9.96. The second-order valence-corrected chi connectivity index (χ2v) is 7.46. The molecular formula is C20H27N3O3. The van der Waals surface area contributed by atoms with Crippen molar-refractivity contribution in [2.75, 3.05) is 6.61 Å². The van der Waals surface area contributed by atoms with Crippen molar-refractivity contribution in [3.63, 3.8) is 0 Å². The quantitative estimate of drug-likeness (QED) is 0.851. The number of ether oxygens (including phenoxy) is 1. The van der Waals surface area contributed by atoms with Crippen LogP contribution < -0.4 is 10.1 Å². The maximum absolute atomic E-state index is 12.6. The SMILES string of the molecule is Cc1ccc(C(C)C)c(OCC(=O)NC2(c3noc(C)n3)CCCC2)c1. The molecule has 2 aromatic rings. The Morgan fingerprint density at radius 1 is 1.31 bits per heavy atom. The first kappa shape index (κ1) is 18.4. The van der Waals surface area contributed by atoms with Gasteiger partial charge >= 0.3 is 0 Å². The summed E-state index contributed by atoms with van der Waals surface area (Å²) < 4.78 is 11.0. The van der Waals surface area contributed by atoms with Crippen LogP contribution in [-0.4, -0.2) is 22.7 Å². The number of aryl methyl sites for hydroxylation is 2. The van der Waals surface area contributed by atoms with Crippen LogP contribution in [0.2, 0.25) is 0 Å². The van der Waals surface area contributed by atoms with E-state index in [1.54, 1.807) is 6.92 Å². The normalized spacial score (nSPS) is 16.0. The van der Waals surface area contributed by atoms with Gasteiger partial charge in [0.1, 0.15) is 11.3 Å². The molecular weight excluding hydrogens is 330 g/mol. The van der Waals surface area contributed by atoms with Crippen molar-refractivity contribution < 1.29 is 14.1 Å². The highest BCUT2D eigenvalue weighted by atomic mass is 16.5. The van der Waals surface area contributed by atoms with Crippen LogP contribution in [0.5, 0.6) is 5.75 Å². The van der Waals surface area contributed by atoms with Gasteiger partial charge in [-0.15, -0.1) is 0 Å². The molecule has 0 bridgehead atoms. The number of rotatable bonds is 6. The van der Waals surface area contributed by atoms with E-state index in [0.717, 1.165) is 42.6 Å². The number of carbonyl (C=O) groups excluding carboxylic acids is 1. The maximum Gasteiger partial charge on any atom is 0.258 e. The Hall–Kier alpha value is -2.37. The highest BCUT2D eigenvalue weighted by Gasteiger charge is 2.41. The van der Waals surface area contributed by atoms with E-state index in [1.165, 1.54) is 0 Å². The van der Waals surface area contributed by atoms with Crippen LogP contribution in [0.25, 0.3) is 0 Å². The molecule has 1 amide bonds. The summed E-state index contributed by atoms with van der Waals surface area (Å²) >= 11 is 0. The molecule has 0 aliphatic heterocycles. The van der Waals surface area contributed by atoms with E-state index in [9.17, 15) is 4.79 Å². The molecule has 140 valence electrons. The van der Waals surface area contributed by atoms with Crippen molar-refractivity contribution in [2.45, 2.75) is 64.8 Å². The zero-order valence-electron chi connectivity index (χ0n) is 16.0. The minimum absolute atomic E-state index is 0.0260. The number of nitrogens with zero attached hydrogens (tertiary/aromatic N) is 2. The van der Waals surface area contributed by atoms with Crippen molar-refractivity contribution in [1.29, 1.82) is 0 Å². The fourth-order valence-electron chi connectivity index (χ4n) is 3.57. The zero-order valence-corrected chi connectivity index (χ0v) is 16.0. The van der Waals surface area contributed by atoms with Crippen LogP contribution in [0.15, 0.2) is 22.7 Å². The van der Waals surface area contributed by atoms with Crippen LogP contribution in [0.1, 0.15) is 68.3 Å². The summed E-state index contributed by atoms with van der Waals surface area (Å²) in [7, 11) is 0. The van der Waals surface area contributed by atoms with Gasteiger partial charge < -0.3 is 14.6 Å². The van der Waals surface area contributed by atoms with Gasteiger partial charge in [-0.1, -0.05) is 44.0 Å². The molecule has 0 unspecified atom stereocenters. The lowest BCUT2D eigenvalue weighted by molar-refractivity contribution is -0.125. The molecule has 1 saturated carbocycles. The standard InChI is InChI=1S/C20H27N3O3/c1-13(2)16-8-7-14(3)11-17(16)25-12-18(24)22-20(9-5-6-10-20)19-21-15(4)26-23-19/h7-8,11,13H,5-6,9-10,12H2,1-4H3,(H,22,24). The highest BCUT2D eigenvalue weighted by molar-refractivity contribution is 5.78. The fraction of sp³-hybridized carbons (Fsp3) is 0.550. The molecule has 3 rings (SSSR count). The Bertz CT molecular complexity index is 776. The monoisotopic (exact) mass is 357 g/mol. The van der Waals surface area contributed by atoms with E-state index in [-0.39, 0.29) is 12.5 Å². The minimum atomic E-state index is -0.536. The summed E-state index contributed by atoms with van der Waals surface area (Å²) in [5.74, 6) is 2.02. The molecule has 0 saturated heterocycles. The second kappa shape index (κ2) is 7.48. The van der Waals surface area contributed by atoms with Gasteiger partial charge in [0.25, 0.3) is 5.91 Å². The summed E-state index contributed by atoms with van der Waals surface area (Å²) in [6.45, 7) is 7.98. The summed E-state index contributed by atoms with van der Waals surface area (Å²) in [6, 6.07) is 6.11. The summed E-state index contributed by atoms with van der Waals surface area (Å²) in [5, 5.41) is 7.16. The molecule has 6 nitrogen and oxygen atoms in total. The molecule has 1 aromatic carbocycles. The third-order valence-corrected chi connectivity index (χ3v) is 4.94.